The summed E-state index contributed by atoms with van der Waals surface area (Å²) in [5.41, 5.74) is 4.38. The van der Waals surface area contributed by atoms with Gasteiger partial charge in [-0.2, -0.15) is 5.26 Å². The summed E-state index contributed by atoms with van der Waals surface area (Å²) in [6.45, 7) is 5.34. The molecular weight excluding hydrogens is 495 g/mol. The maximum absolute atomic E-state index is 15.4. The van der Waals surface area contributed by atoms with Gasteiger partial charge in [0.25, 0.3) is 5.91 Å². The van der Waals surface area contributed by atoms with Gasteiger partial charge in [0.15, 0.2) is 0 Å². The third-order valence-electron chi connectivity index (χ3n) is 9.11. The Morgan fingerprint density at radius 1 is 1.28 bits per heavy atom. The van der Waals surface area contributed by atoms with Crippen molar-refractivity contribution in [3.05, 3.63) is 64.6 Å². The van der Waals surface area contributed by atoms with Gasteiger partial charge in [-0.3, -0.25) is 9.69 Å². The molecular formula is C31H35FN4O3. The van der Waals surface area contributed by atoms with E-state index in [1.54, 1.807) is 13.2 Å². The minimum atomic E-state index is -0.501. The molecule has 3 aromatic rings. The maximum Gasteiger partial charge on any atom is 0.254 e. The van der Waals surface area contributed by atoms with Crippen molar-refractivity contribution in [1.82, 2.24) is 15.2 Å². The number of piperidine rings is 1. The first-order valence-electron chi connectivity index (χ1n) is 13.8. The lowest BCUT2D eigenvalue weighted by molar-refractivity contribution is -0.0301. The molecule has 3 heterocycles. The van der Waals surface area contributed by atoms with Crippen LogP contribution in [0.2, 0.25) is 0 Å². The van der Waals surface area contributed by atoms with Crippen LogP contribution in [0.5, 0.6) is 5.75 Å². The van der Waals surface area contributed by atoms with Crippen LogP contribution < -0.4 is 10.1 Å². The van der Waals surface area contributed by atoms with Crippen LogP contribution in [0.3, 0.4) is 0 Å². The maximum atomic E-state index is 15.4. The smallest absolute Gasteiger partial charge is 0.254 e. The van der Waals surface area contributed by atoms with E-state index in [0.717, 1.165) is 65.6 Å². The van der Waals surface area contributed by atoms with Crippen LogP contribution in [0.1, 0.15) is 58.8 Å². The summed E-state index contributed by atoms with van der Waals surface area (Å²) in [7, 11) is 1.70. The molecule has 0 radical (unpaired) electrons. The largest absolute Gasteiger partial charge is 0.496 e. The lowest BCUT2D eigenvalue weighted by Crippen LogP contribution is -2.48. The highest BCUT2D eigenvalue weighted by atomic mass is 19.1. The first-order chi connectivity index (χ1) is 18.9. The van der Waals surface area contributed by atoms with Crippen LogP contribution in [-0.2, 0) is 11.3 Å². The van der Waals surface area contributed by atoms with Gasteiger partial charge in [0.05, 0.1) is 32.0 Å². The summed E-state index contributed by atoms with van der Waals surface area (Å²) in [6.07, 6.45) is 5.63. The fourth-order valence-electron chi connectivity index (χ4n) is 6.79. The number of aryl methyl sites for hydroxylation is 1. The summed E-state index contributed by atoms with van der Waals surface area (Å²) in [5, 5.41) is 13.4. The normalized spacial score (nSPS) is 25.2. The van der Waals surface area contributed by atoms with Gasteiger partial charge >= 0.3 is 0 Å². The van der Waals surface area contributed by atoms with Crippen molar-refractivity contribution in [3.8, 4) is 11.8 Å². The number of halogens is 1. The molecule has 2 aliphatic heterocycles. The Kier molecular flexibility index (Phi) is 6.82. The van der Waals surface area contributed by atoms with Crippen molar-refractivity contribution < 1.29 is 18.7 Å². The summed E-state index contributed by atoms with van der Waals surface area (Å²) < 4.78 is 26.4. The highest BCUT2D eigenvalue weighted by Crippen LogP contribution is 2.57. The number of nitrogens with one attached hydrogen (secondary N) is 2. The second-order valence-electron chi connectivity index (χ2n) is 11.7. The van der Waals surface area contributed by atoms with Gasteiger partial charge < -0.3 is 19.8 Å². The number of aromatic nitrogens is 1. The van der Waals surface area contributed by atoms with Crippen LogP contribution in [-0.4, -0.2) is 49.2 Å². The number of nitriles is 1. The van der Waals surface area contributed by atoms with Gasteiger partial charge in [0, 0.05) is 53.6 Å². The average molecular weight is 531 g/mol. The number of likely N-dealkylation sites (tertiary alicyclic amines) is 1. The lowest BCUT2D eigenvalue weighted by atomic mass is 9.56. The van der Waals surface area contributed by atoms with E-state index in [4.69, 9.17) is 9.47 Å². The first-order valence-corrected chi connectivity index (χ1v) is 13.8. The molecule has 1 aliphatic carbocycles. The predicted octanol–water partition coefficient (Wildman–Crippen LogP) is 5.26. The molecule has 2 saturated heterocycles. The van der Waals surface area contributed by atoms with E-state index < -0.39 is 11.7 Å². The second-order valence-corrected chi connectivity index (χ2v) is 11.7. The van der Waals surface area contributed by atoms with Crippen LogP contribution in [0.15, 0.2) is 36.5 Å². The number of carbonyl (C=O) groups is 1. The van der Waals surface area contributed by atoms with E-state index in [-0.39, 0.29) is 22.9 Å². The molecule has 8 heteroatoms. The zero-order valence-electron chi connectivity index (χ0n) is 22.6. The number of fused-ring (bicyclic) bond motifs is 1. The Morgan fingerprint density at radius 3 is 2.79 bits per heavy atom. The molecule has 3 fully saturated rings. The molecule has 2 aromatic carbocycles. The van der Waals surface area contributed by atoms with Gasteiger partial charge in [-0.25, -0.2) is 4.39 Å². The number of methoxy groups -OCH3 is 1. The third kappa shape index (κ3) is 4.79. The Morgan fingerprint density at radius 2 is 2.10 bits per heavy atom. The number of rotatable bonds is 7. The Bertz CT molecular complexity index is 1430. The quantitative estimate of drug-likeness (QED) is 0.435. The summed E-state index contributed by atoms with van der Waals surface area (Å²) >= 11 is 0. The first kappa shape index (κ1) is 25.8. The zero-order chi connectivity index (χ0) is 27.1. The fraction of sp³-hybridized carbons (Fsp3) is 0.484. The molecule has 1 amide bonds. The summed E-state index contributed by atoms with van der Waals surface area (Å²) in [4.78, 5) is 18.4. The van der Waals surface area contributed by atoms with E-state index in [9.17, 15) is 10.1 Å². The van der Waals surface area contributed by atoms with E-state index >= 15 is 4.39 Å². The number of hydrogen-bond donors (Lipinski definition) is 2. The van der Waals surface area contributed by atoms with Gasteiger partial charge in [-0.15, -0.1) is 0 Å². The van der Waals surface area contributed by atoms with Crippen molar-refractivity contribution >= 4 is 16.8 Å². The number of nitrogens with zero attached hydrogens (tertiary/aromatic N) is 2. The van der Waals surface area contributed by atoms with Crippen LogP contribution >= 0.6 is 0 Å². The second kappa shape index (κ2) is 10.3. The van der Waals surface area contributed by atoms with Crippen molar-refractivity contribution in [2.45, 2.75) is 45.2 Å². The van der Waals surface area contributed by atoms with Crippen molar-refractivity contribution in [2.75, 3.05) is 33.4 Å². The molecule has 1 saturated carbocycles. The number of benzene rings is 2. The molecule has 0 bridgehead atoms. The lowest BCUT2D eigenvalue weighted by Gasteiger charge is -2.53. The predicted molar refractivity (Wildman–Crippen MR) is 146 cm³/mol. The topological polar surface area (TPSA) is 90.4 Å². The molecule has 3 aliphatic rings. The molecule has 39 heavy (non-hydrogen) atoms. The number of hydrogen-bond acceptors (Lipinski definition) is 5. The zero-order valence-corrected chi connectivity index (χ0v) is 22.6. The standard InChI is InChI=1S/C31H35FN4O3/c1-19-9-28(38-2)25(23-5-7-34-29(19)23)16-36-8-6-31(11-20(12-31)14-33)13-27(36)22-3-4-24(26(32)10-22)30(37)35-15-21-17-39-18-21/h3-5,7,9-10,20-21,27,34H,6,8,11-13,15-18H2,1-2H3,(H,35,37). The van der Waals surface area contributed by atoms with E-state index in [1.807, 2.05) is 12.3 Å². The van der Waals surface area contributed by atoms with Gasteiger partial charge in [-0.1, -0.05) is 6.07 Å². The van der Waals surface area contributed by atoms with E-state index in [0.29, 0.717) is 32.2 Å². The molecule has 1 unspecified atom stereocenters. The van der Waals surface area contributed by atoms with Crippen LogP contribution in [0.25, 0.3) is 10.9 Å². The molecule has 2 N–H and O–H groups in total. The highest BCUT2D eigenvalue weighted by molar-refractivity contribution is 5.94. The SMILES string of the molecule is COc1cc(C)c2[nH]ccc2c1CN1CCC2(CC(C#N)C2)CC1c1ccc(C(=O)NCC2COC2)c(F)c1. The van der Waals surface area contributed by atoms with E-state index in [1.165, 1.54) is 6.07 Å². The van der Waals surface area contributed by atoms with Crippen molar-refractivity contribution in [1.29, 1.82) is 5.26 Å². The Labute approximate surface area is 228 Å². The highest BCUT2D eigenvalue weighted by Gasteiger charge is 2.49. The number of aromatic amines is 1. The molecule has 1 spiro atoms. The van der Waals surface area contributed by atoms with Gasteiger partial charge in [-0.05, 0) is 80.0 Å². The van der Waals surface area contributed by atoms with Crippen molar-refractivity contribution in [2.24, 2.45) is 17.3 Å². The molecule has 1 atom stereocenters. The van der Waals surface area contributed by atoms with Gasteiger partial charge in [0.2, 0.25) is 0 Å². The molecule has 1 aromatic heterocycles. The van der Waals surface area contributed by atoms with Gasteiger partial charge in [0.1, 0.15) is 11.6 Å². The minimum absolute atomic E-state index is 0.0304. The summed E-state index contributed by atoms with van der Waals surface area (Å²) in [5.74, 6) is 0.366. The van der Waals surface area contributed by atoms with E-state index in [2.05, 4.69) is 40.3 Å². The number of ether oxygens (including phenoxy) is 2. The van der Waals surface area contributed by atoms with Crippen molar-refractivity contribution in [3.63, 3.8) is 0 Å². The average Bonchev–Trinajstić information content (AvgIpc) is 3.38. The molecule has 6 rings (SSSR count). The molecule has 204 valence electrons. The fourth-order valence-corrected chi connectivity index (χ4v) is 6.79. The minimum Gasteiger partial charge on any atom is -0.496 e. The number of amides is 1. The Balaban J connectivity index is 1.29. The number of carbonyl (C=O) groups excluding carboxylic acids is 1. The van der Waals surface area contributed by atoms with Crippen LogP contribution in [0, 0.1) is 41.3 Å². The summed E-state index contributed by atoms with van der Waals surface area (Å²) in [6, 6.07) is 11.6. The number of H-pyrrole nitrogens is 1. The third-order valence-corrected chi connectivity index (χ3v) is 9.11. The monoisotopic (exact) mass is 530 g/mol. The van der Waals surface area contributed by atoms with Crippen LogP contribution in [0.4, 0.5) is 4.39 Å². The molecule has 7 nitrogen and oxygen atoms in total. The Hall–Kier alpha value is -3.41.